The lowest BCUT2D eigenvalue weighted by Crippen LogP contribution is -2.57. The number of hydrogen-bond acceptors (Lipinski definition) is 4. The molecule has 3 aliphatic heterocycles. The molecule has 2 unspecified atom stereocenters. The number of hydrogen-bond donors (Lipinski definition) is 3. The van der Waals surface area contributed by atoms with Crippen molar-refractivity contribution in [3.63, 3.8) is 0 Å². The Kier molecular flexibility index (Phi) is 7.81. The number of carbonyl (C=O) groups is 2. The molecule has 2 atom stereocenters. The highest BCUT2D eigenvalue weighted by Crippen LogP contribution is 2.27. The highest BCUT2D eigenvalue weighted by atomic mass is 16.4. The highest BCUT2D eigenvalue weighted by molar-refractivity contribution is 5.89. The summed E-state index contributed by atoms with van der Waals surface area (Å²) < 4.78 is 0. The Morgan fingerprint density at radius 3 is 2.19 bits per heavy atom. The first-order chi connectivity index (χ1) is 12.4. The fourth-order valence-corrected chi connectivity index (χ4v) is 3.69. The van der Waals surface area contributed by atoms with E-state index in [1.807, 2.05) is 0 Å². The maximum atomic E-state index is 9.55. The van der Waals surface area contributed by atoms with Crippen LogP contribution in [-0.4, -0.2) is 58.8 Å². The van der Waals surface area contributed by atoms with E-state index in [1.165, 1.54) is 38.0 Å². The van der Waals surface area contributed by atoms with Gasteiger partial charge in [0, 0.05) is 30.8 Å². The molecule has 3 fully saturated rings. The second kappa shape index (κ2) is 10.1. The number of nitrogens with zero attached hydrogens (tertiary/aromatic N) is 1. The minimum atomic E-state index is -1.26. The number of carboxylic acid groups (broad SMARTS) is 2. The number of carboxylic acids is 2. The highest BCUT2D eigenvalue weighted by Gasteiger charge is 2.34. The summed E-state index contributed by atoms with van der Waals surface area (Å²) in [5.74, 6) is -1.59. The smallest absolute Gasteiger partial charge is 0.328 e. The largest absolute Gasteiger partial charge is 0.478 e. The molecule has 2 bridgehead atoms. The van der Waals surface area contributed by atoms with E-state index < -0.39 is 11.9 Å². The van der Waals surface area contributed by atoms with Gasteiger partial charge in [0.1, 0.15) is 0 Å². The van der Waals surface area contributed by atoms with Gasteiger partial charge in [0.15, 0.2) is 0 Å². The van der Waals surface area contributed by atoms with E-state index in [-0.39, 0.29) is 0 Å². The van der Waals surface area contributed by atoms with Crippen molar-refractivity contribution in [1.82, 2.24) is 10.2 Å². The van der Waals surface area contributed by atoms with E-state index >= 15 is 0 Å². The van der Waals surface area contributed by atoms with Crippen LogP contribution in [0.25, 0.3) is 0 Å². The lowest BCUT2D eigenvalue weighted by Gasteiger charge is -2.46. The molecule has 3 aliphatic rings. The number of rotatable bonds is 6. The van der Waals surface area contributed by atoms with Crippen LogP contribution in [0.3, 0.4) is 0 Å². The van der Waals surface area contributed by atoms with Crippen molar-refractivity contribution in [2.75, 3.05) is 19.6 Å². The zero-order chi connectivity index (χ0) is 18.9. The summed E-state index contributed by atoms with van der Waals surface area (Å²) in [6, 6.07) is 12.1. The van der Waals surface area contributed by atoms with Crippen molar-refractivity contribution in [3.05, 3.63) is 48.0 Å². The minimum absolute atomic E-state index is 0.558. The van der Waals surface area contributed by atoms with E-state index in [9.17, 15) is 9.59 Å². The molecule has 0 aliphatic carbocycles. The van der Waals surface area contributed by atoms with Crippen molar-refractivity contribution >= 4 is 11.9 Å². The van der Waals surface area contributed by atoms with E-state index in [0.717, 1.165) is 18.4 Å². The van der Waals surface area contributed by atoms with Gasteiger partial charge in [-0.15, -0.1) is 0 Å². The number of benzene rings is 1. The van der Waals surface area contributed by atoms with Gasteiger partial charge < -0.3 is 20.4 Å². The van der Waals surface area contributed by atoms with Crippen molar-refractivity contribution < 1.29 is 19.8 Å². The van der Waals surface area contributed by atoms with Crippen LogP contribution in [0.4, 0.5) is 0 Å². The van der Waals surface area contributed by atoms with Crippen molar-refractivity contribution in [1.29, 1.82) is 0 Å². The van der Waals surface area contributed by atoms with Gasteiger partial charge in [-0.2, -0.15) is 0 Å². The van der Waals surface area contributed by atoms with Crippen molar-refractivity contribution in [2.24, 2.45) is 5.92 Å². The van der Waals surface area contributed by atoms with Gasteiger partial charge in [0.25, 0.3) is 0 Å². The van der Waals surface area contributed by atoms with Gasteiger partial charge in [-0.25, -0.2) is 9.59 Å². The van der Waals surface area contributed by atoms with Crippen LogP contribution in [0.1, 0.15) is 25.3 Å². The summed E-state index contributed by atoms with van der Waals surface area (Å²) in [6.45, 7) is 6.25. The molecule has 0 amide bonds. The molecular weight excluding hydrogens is 332 g/mol. The molecule has 6 heteroatoms. The Balaban J connectivity index is 0.000000260. The van der Waals surface area contributed by atoms with Crippen LogP contribution >= 0.6 is 0 Å². The summed E-state index contributed by atoms with van der Waals surface area (Å²) >= 11 is 0. The van der Waals surface area contributed by atoms with Gasteiger partial charge in [0.2, 0.25) is 0 Å². The quantitative estimate of drug-likeness (QED) is 0.673. The summed E-state index contributed by atoms with van der Waals surface area (Å²) in [5.41, 5.74) is 1.44. The molecule has 0 spiro atoms. The van der Waals surface area contributed by atoms with Crippen molar-refractivity contribution in [3.8, 4) is 0 Å². The third-order valence-corrected chi connectivity index (χ3v) is 4.91. The predicted molar refractivity (Wildman–Crippen MR) is 100 cm³/mol. The van der Waals surface area contributed by atoms with Crippen LogP contribution in [0.5, 0.6) is 0 Å². The molecule has 3 saturated heterocycles. The number of piperidine rings is 3. The lowest BCUT2D eigenvalue weighted by atomic mass is 9.83. The van der Waals surface area contributed by atoms with E-state index in [4.69, 9.17) is 10.2 Å². The number of nitrogens with one attached hydrogen (secondary N) is 1. The summed E-state index contributed by atoms with van der Waals surface area (Å²) in [4.78, 5) is 21.7. The van der Waals surface area contributed by atoms with Gasteiger partial charge in [-0.05, 0) is 50.8 Å². The van der Waals surface area contributed by atoms with E-state index in [0.29, 0.717) is 18.2 Å². The molecule has 0 radical (unpaired) electrons. The maximum absolute atomic E-state index is 9.55. The Morgan fingerprint density at radius 1 is 1.15 bits per heavy atom. The standard InChI is InChI=1S/C16H24N2.C4H4O4/c1-13(11-14-5-3-2-4-6-14)17-16-12-18-9-7-15(16)8-10-18;5-3(6)1-2-4(7)8/h2-6,13,15-17H,7-12H2,1H3;1-2H,(H,5,6)(H,7,8)/b;2-1+. The van der Waals surface area contributed by atoms with Gasteiger partial charge in [-0.3, -0.25) is 0 Å². The van der Waals surface area contributed by atoms with Gasteiger partial charge >= 0.3 is 11.9 Å². The molecule has 26 heavy (non-hydrogen) atoms. The van der Waals surface area contributed by atoms with Crippen molar-refractivity contribution in [2.45, 2.75) is 38.3 Å². The summed E-state index contributed by atoms with van der Waals surface area (Å²) in [6.07, 6.45) is 5.06. The summed E-state index contributed by atoms with van der Waals surface area (Å²) in [5, 5.41) is 19.5. The third kappa shape index (κ3) is 6.98. The Morgan fingerprint density at radius 2 is 1.73 bits per heavy atom. The topological polar surface area (TPSA) is 89.9 Å². The number of aliphatic carboxylic acids is 2. The molecule has 4 rings (SSSR count). The van der Waals surface area contributed by atoms with Crippen LogP contribution in [-0.2, 0) is 16.0 Å². The Labute approximate surface area is 154 Å². The molecule has 0 aromatic heterocycles. The monoisotopic (exact) mass is 360 g/mol. The van der Waals surface area contributed by atoms with Gasteiger partial charge in [-0.1, -0.05) is 30.3 Å². The zero-order valence-electron chi connectivity index (χ0n) is 15.2. The molecule has 1 aromatic rings. The molecule has 3 N–H and O–H groups in total. The first kappa shape index (κ1) is 20.1. The Bertz CT molecular complexity index is 593. The van der Waals surface area contributed by atoms with Crippen LogP contribution in [0.15, 0.2) is 42.5 Å². The predicted octanol–water partition coefficient (Wildman–Crippen LogP) is 2.01. The van der Waals surface area contributed by atoms with Crippen LogP contribution in [0, 0.1) is 5.92 Å². The Hall–Kier alpha value is -2.18. The van der Waals surface area contributed by atoms with Gasteiger partial charge in [0.05, 0.1) is 0 Å². The second-order valence-electron chi connectivity index (χ2n) is 7.01. The maximum Gasteiger partial charge on any atom is 0.328 e. The first-order valence-electron chi connectivity index (χ1n) is 9.10. The van der Waals surface area contributed by atoms with E-state index in [1.54, 1.807) is 0 Å². The summed E-state index contributed by atoms with van der Waals surface area (Å²) in [7, 11) is 0. The minimum Gasteiger partial charge on any atom is -0.478 e. The lowest BCUT2D eigenvalue weighted by molar-refractivity contribution is -0.134. The first-order valence-corrected chi connectivity index (χ1v) is 9.10. The number of fused-ring (bicyclic) bond motifs is 3. The van der Waals surface area contributed by atoms with Crippen LogP contribution < -0.4 is 5.32 Å². The normalized spacial score (nSPS) is 25.3. The molecular formula is C20H28N2O4. The van der Waals surface area contributed by atoms with Crippen LogP contribution in [0.2, 0.25) is 0 Å². The molecule has 142 valence electrons. The fourth-order valence-electron chi connectivity index (χ4n) is 3.69. The van der Waals surface area contributed by atoms with E-state index in [2.05, 4.69) is 47.5 Å². The average Bonchev–Trinajstić information content (AvgIpc) is 2.62. The average molecular weight is 360 g/mol. The SMILES string of the molecule is CC(Cc1ccccc1)NC1CN2CCC1CC2.O=C(O)/C=C/C(=O)O. The molecule has 6 nitrogen and oxygen atoms in total. The molecule has 3 heterocycles. The fraction of sp³-hybridized carbons (Fsp3) is 0.500. The third-order valence-electron chi connectivity index (χ3n) is 4.91. The second-order valence-corrected chi connectivity index (χ2v) is 7.01. The molecule has 1 aromatic carbocycles. The zero-order valence-corrected chi connectivity index (χ0v) is 15.2. The molecule has 0 saturated carbocycles.